The van der Waals surface area contributed by atoms with E-state index in [1.165, 1.54) is 0 Å². The van der Waals surface area contributed by atoms with E-state index in [1.54, 1.807) is 0 Å². The number of carboxylic acid groups (broad SMARTS) is 1. The highest BCUT2D eigenvalue weighted by molar-refractivity contribution is 5.72. The molecule has 5 heteroatoms. The number of carbonyl (C=O) groups is 1. The van der Waals surface area contributed by atoms with Gasteiger partial charge in [-0.15, -0.1) is 0 Å². The Balaban J connectivity index is 0.00000106. The van der Waals surface area contributed by atoms with Crippen LogP contribution in [0, 0.1) is 0 Å². The molecule has 0 radical (unpaired) electrons. The van der Waals surface area contributed by atoms with Gasteiger partial charge in [-0.05, 0) is 19.3 Å². The minimum Gasteiger partial charge on any atom is -0.480 e. The first-order valence-electron chi connectivity index (χ1n) is 5.91. The number of unbranched alkanes of at least 4 members (excludes halogenated alkanes) is 1. The Labute approximate surface area is 96.9 Å². The van der Waals surface area contributed by atoms with Crippen molar-refractivity contribution in [3.63, 3.8) is 0 Å². The molecule has 16 heavy (non-hydrogen) atoms. The fourth-order valence-corrected chi connectivity index (χ4v) is 1.37. The maximum atomic E-state index is 10.4. The fraction of sp³-hybridized carbons (Fsp3) is 0.909. The SMILES string of the molecule is CC.NC(CCCCC1OCCO1)C(=O)O. The number of rotatable bonds is 6. The first-order valence-corrected chi connectivity index (χ1v) is 5.91. The molecule has 3 N–H and O–H groups in total. The van der Waals surface area contributed by atoms with Gasteiger partial charge in [-0.1, -0.05) is 20.3 Å². The number of ether oxygens (including phenoxy) is 2. The molecule has 0 amide bonds. The van der Waals surface area contributed by atoms with Gasteiger partial charge in [0.2, 0.25) is 0 Å². The molecule has 1 aliphatic rings. The van der Waals surface area contributed by atoms with Crippen LogP contribution in [0.15, 0.2) is 0 Å². The Morgan fingerprint density at radius 1 is 1.38 bits per heavy atom. The van der Waals surface area contributed by atoms with Crippen molar-refractivity contribution in [3.8, 4) is 0 Å². The summed E-state index contributed by atoms with van der Waals surface area (Å²) in [5, 5.41) is 8.52. The molecular formula is C11H23NO4. The van der Waals surface area contributed by atoms with Crippen molar-refractivity contribution in [2.75, 3.05) is 13.2 Å². The van der Waals surface area contributed by atoms with E-state index in [4.69, 9.17) is 20.3 Å². The van der Waals surface area contributed by atoms with E-state index in [-0.39, 0.29) is 6.29 Å². The summed E-state index contributed by atoms with van der Waals surface area (Å²) in [5.74, 6) is -0.932. The molecular weight excluding hydrogens is 210 g/mol. The molecule has 1 aliphatic heterocycles. The van der Waals surface area contributed by atoms with Crippen molar-refractivity contribution in [1.29, 1.82) is 0 Å². The first kappa shape index (κ1) is 15.3. The van der Waals surface area contributed by atoms with Crippen LogP contribution < -0.4 is 5.73 Å². The summed E-state index contributed by atoms with van der Waals surface area (Å²) in [7, 11) is 0. The molecule has 0 saturated carbocycles. The van der Waals surface area contributed by atoms with Crippen molar-refractivity contribution in [1.82, 2.24) is 0 Å². The van der Waals surface area contributed by atoms with Gasteiger partial charge in [0.05, 0.1) is 13.2 Å². The van der Waals surface area contributed by atoms with Crippen LogP contribution in [-0.4, -0.2) is 36.6 Å². The molecule has 96 valence electrons. The van der Waals surface area contributed by atoms with Gasteiger partial charge in [0.1, 0.15) is 6.04 Å². The molecule has 1 saturated heterocycles. The standard InChI is InChI=1S/C9H17NO4.C2H6/c10-7(9(11)12)3-1-2-4-8-13-5-6-14-8;1-2/h7-8H,1-6,10H2,(H,11,12);1-2H3. The molecule has 1 heterocycles. The van der Waals surface area contributed by atoms with Crippen LogP contribution >= 0.6 is 0 Å². The Bertz CT molecular complexity index is 181. The molecule has 1 unspecified atom stereocenters. The lowest BCUT2D eigenvalue weighted by molar-refractivity contribution is -0.138. The van der Waals surface area contributed by atoms with Gasteiger partial charge in [0.25, 0.3) is 0 Å². The van der Waals surface area contributed by atoms with Gasteiger partial charge < -0.3 is 20.3 Å². The summed E-state index contributed by atoms with van der Waals surface area (Å²) >= 11 is 0. The monoisotopic (exact) mass is 233 g/mol. The van der Waals surface area contributed by atoms with Crippen molar-refractivity contribution in [3.05, 3.63) is 0 Å². The molecule has 5 nitrogen and oxygen atoms in total. The summed E-state index contributed by atoms with van der Waals surface area (Å²) in [6.45, 7) is 5.33. The lowest BCUT2D eigenvalue weighted by atomic mass is 10.1. The second-order valence-corrected chi connectivity index (χ2v) is 3.40. The molecule has 1 fully saturated rings. The summed E-state index contributed by atoms with van der Waals surface area (Å²) in [4.78, 5) is 10.4. The first-order chi connectivity index (χ1) is 7.70. The van der Waals surface area contributed by atoms with Gasteiger partial charge in [-0.3, -0.25) is 4.79 Å². The molecule has 0 aromatic heterocycles. The highest BCUT2D eigenvalue weighted by Crippen LogP contribution is 2.12. The minimum absolute atomic E-state index is 0.0870. The quantitative estimate of drug-likeness (QED) is 0.677. The van der Waals surface area contributed by atoms with Crippen LogP contribution in [0.5, 0.6) is 0 Å². The normalized spacial score (nSPS) is 17.7. The molecule has 1 rings (SSSR count). The number of carboxylic acids is 1. The summed E-state index contributed by atoms with van der Waals surface area (Å²) in [6.07, 6.45) is 2.95. The van der Waals surface area contributed by atoms with Crippen molar-refractivity contribution in [2.45, 2.75) is 51.9 Å². The summed E-state index contributed by atoms with van der Waals surface area (Å²) < 4.78 is 10.5. The van der Waals surface area contributed by atoms with E-state index in [0.29, 0.717) is 19.6 Å². The Kier molecular flexibility index (Phi) is 9.18. The molecule has 0 aromatic rings. The van der Waals surface area contributed by atoms with Gasteiger partial charge in [-0.25, -0.2) is 0 Å². The maximum Gasteiger partial charge on any atom is 0.320 e. The predicted octanol–water partition coefficient (Wildman–Crippen LogP) is 1.36. The van der Waals surface area contributed by atoms with Crippen LogP contribution in [0.2, 0.25) is 0 Å². The smallest absolute Gasteiger partial charge is 0.320 e. The Hall–Kier alpha value is -0.650. The maximum absolute atomic E-state index is 10.4. The van der Waals surface area contributed by atoms with Crippen LogP contribution in [0.25, 0.3) is 0 Å². The second-order valence-electron chi connectivity index (χ2n) is 3.40. The zero-order chi connectivity index (χ0) is 12.4. The predicted molar refractivity (Wildman–Crippen MR) is 61.1 cm³/mol. The zero-order valence-electron chi connectivity index (χ0n) is 10.1. The number of hydrogen-bond donors (Lipinski definition) is 2. The third-order valence-electron chi connectivity index (χ3n) is 2.21. The largest absolute Gasteiger partial charge is 0.480 e. The van der Waals surface area contributed by atoms with Crippen molar-refractivity contribution >= 4 is 5.97 Å². The average molecular weight is 233 g/mol. The lowest BCUT2D eigenvalue weighted by Crippen LogP contribution is -2.29. The molecule has 0 bridgehead atoms. The molecule has 0 aliphatic carbocycles. The third kappa shape index (κ3) is 6.76. The van der Waals surface area contributed by atoms with Gasteiger partial charge >= 0.3 is 5.97 Å². The van der Waals surface area contributed by atoms with Crippen LogP contribution in [0.3, 0.4) is 0 Å². The van der Waals surface area contributed by atoms with E-state index in [9.17, 15) is 4.79 Å². The highest BCUT2D eigenvalue weighted by atomic mass is 16.7. The van der Waals surface area contributed by atoms with Crippen LogP contribution in [-0.2, 0) is 14.3 Å². The van der Waals surface area contributed by atoms with Gasteiger partial charge in [0, 0.05) is 0 Å². The molecule has 0 spiro atoms. The number of aliphatic carboxylic acids is 1. The second kappa shape index (κ2) is 9.57. The van der Waals surface area contributed by atoms with E-state index >= 15 is 0 Å². The molecule has 0 aromatic carbocycles. The molecule has 1 atom stereocenters. The van der Waals surface area contributed by atoms with E-state index < -0.39 is 12.0 Å². The number of nitrogens with two attached hydrogens (primary N) is 1. The topological polar surface area (TPSA) is 81.8 Å². The van der Waals surface area contributed by atoms with Crippen molar-refractivity contribution < 1.29 is 19.4 Å². The van der Waals surface area contributed by atoms with Gasteiger partial charge in [-0.2, -0.15) is 0 Å². The summed E-state index contributed by atoms with van der Waals surface area (Å²) in [5.41, 5.74) is 5.35. The van der Waals surface area contributed by atoms with E-state index in [1.807, 2.05) is 13.8 Å². The zero-order valence-corrected chi connectivity index (χ0v) is 10.1. The summed E-state index contributed by atoms with van der Waals surface area (Å²) in [6, 6.07) is -0.736. The highest BCUT2D eigenvalue weighted by Gasteiger charge is 2.16. The minimum atomic E-state index is -0.932. The average Bonchev–Trinajstić information content (AvgIpc) is 2.79. The van der Waals surface area contributed by atoms with Crippen molar-refractivity contribution in [2.24, 2.45) is 5.73 Å². The third-order valence-corrected chi connectivity index (χ3v) is 2.21. The lowest BCUT2D eigenvalue weighted by Gasteiger charge is -2.09. The van der Waals surface area contributed by atoms with Gasteiger partial charge in [0.15, 0.2) is 6.29 Å². The van der Waals surface area contributed by atoms with Crippen LogP contribution in [0.1, 0.15) is 39.5 Å². The van der Waals surface area contributed by atoms with Crippen LogP contribution in [0.4, 0.5) is 0 Å². The fourth-order valence-electron chi connectivity index (χ4n) is 1.37. The number of hydrogen-bond acceptors (Lipinski definition) is 4. The Morgan fingerprint density at radius 2 is 1.94 bits per heavy atom. The Morgan fingerprint density at radius 3 is 2.44 bits per heavy atom. The van der Waals surface area contributed by atoms with E-state index in [0.717, 1.165) is 19.3 Å². The van der Waals surface area contributed by atoms with E-state index in [2.05, 4.69) is 0 Å².